The number of hydrogen-bond donors (Lipinski definition) is 2. The van der Waals surface area contributed by atoms with E-state index in [1.165, 1.54) is 0 Å². The van der Waals surface area contributed by atoms with E-state index < -0.39 is 0 Å². The zero-order chi connectivity index (χ0) is 12.8. The van der Waals surface area contributed by atoms with Gasteiger partial charge in [0.05, 0.1) is 0 Å². The minimum atomic E-state index is 0.0425. The normalized spacial score (nSPS) is 10.6. The van der Waals surface area contributed by atoms with Crippen LogP contribution in [0.25, 0.3) is 0 Å². The van der Waals surface area contributed by atoms with Crippen LogP contribution in [0.15, 0.2) is 18.2 Å². The van der Waals surface area contributed by atoms with E-state index >= 15 is 0 Å². The van der Waals surface area contributed by atoms with E-state index in [0.717, 1.165) is 5.56 Å². The Morgan fingerprint density at radius 2 is 2.24 bits per heavy atom. The van der Waals surface area contributed by atoms with Gasteiger partial charge in [0.2, 0.25) is 5.91 Å². The number of carbonyl (C=O) groups excluding carboxylic acids is 1. The van der Waals surface area contributed by atoms with Crippen LogP contribution in [0.2, 0.25) is 5.02 Å². The van der Waals surface area contributed by atoms with Crippen LogP contribution >= 0.6 is 11.6 Å². The van der Waals surface area contributed by atoms with E-state index in [2.05, 4.69) is 10.2 Å². The molecule has 4 nitrogen and oxygen atoms in total. The molecule has 1 rings (SSSR count). The molecule has 1 aromatic carbocycles. The highest BCUT2D eigenvalue weighted by Crippen LogP contribution is 2.19. The van der Waals surface area contributed by atoms with Gasteiger partial charge in [0, 0.05) is 37.3 Å². The first kappa shape index (κ1) is 13.8. The molecule has 0 fully saturated rings. The molecule has 0 aromatic heterocycles. The zero-order valence-electron chi connectivity index (χ0n) is 10.2. The Morgan fingerprint density at radius 3 is 2.82 bits per heavy atom. The van der Waals surface area contributed by atoms with E-state index in [9.17, 15) is 4.79 Å². The maximum Gasteiger partial charge on any atom is 0.221 e. The van der Waals surface area contributed by atoms with Crippen LogP contribution in [0.1, 0.15) is 12.0 Å². The summed E-state index contributed by atoms with van der Waals surface area (Å²) in [6, 6.07) is 5.47. The average Bonchev–Trinajstić information content (AvgIpc) is 2.29. The van der Waals surface area contributed by atoms with Gasteiger partial charge in [-0.2, -0.15) is 0 Å². The Kier molecular flexibility index (Phi) is 5.25. The van der Waals surface area contributed by atoms with E-state index in [-0.39, 0.29) is 5.91 Å². The molecule has 3 N–H and O–H groups in total. The molecule has 0 unspecified atom stereocenters. The number of halogens is 1. The van der Waals surface area contributed by atoms with E-state index in [1.54, 1.807) is 13.1 Å². The number of nitrogens with two attached hydrogens (primary N) is 1. The third-order valence-electron chi connectivity index (χ3n) is 2.55. The summed E-state index contributed by atoms with van der Waals surface area (Å²) in [6.45, 7) is 1.40. The Labute approximate surface area is 107 Å². The molecule has 0 radical (unpaired) electrons. The smallest absolute Gasteiger partial charge is 0.221 e. The average molecular weight is 256 g/mol. The van der Waals surface area contributed by atoms with Gasteiger partial charge in [0.25, 0.3) is 0 Å². The third kappa shape index (κ3) is 4.63. The summed E-state index contributed by atoms with van der Waals surface area (Å²) in [5, 5.41) is 3.23. The molecule has 0 aliphatic heterocycles. The van der Waals surface area contributed by atoms with Crippen molar-refractivity contribution in [2.45, 2.75) is 13.0 Å². The van der Waals surface area contributed by atoms with Crippen LogP contribution < -0.4 is 11.1 Å². The fourth-order valence-corrected chi connectivity index (χ4v) is 1.68. The number of nitrogens with one attached hydrogen (secondary N) is 1. The maximum absolute atomic E-state index is 11.1. The van der Waals surface area contributed by atoms with Gasteiger partial charge >= 0.3 is 0 Å². The molecular formula is C12H18ClN3O. The molecule has 94 valence electrons. The molecule has 17 heavy (non-hydrogen) atoms. The number of hydrogen-bond acceptors (Lipinski definition) is 3. The number of nitrogen functional groups attached to an aromatic ring is 1. The monoisotopic (exact) mass is 255 g/mol. The number of carbonyl (C=O) groups is 1. The minimum absolute atomic E-state index is 0.0425. The zero-order valence-corrected chi connectivity index (χ0v) is 10.9. The lowest BCUT2D eigenvalue weighted by Gasteiger charge is -2.17. The van der Waals surface area contributed by atoms with Gasteiger partial charge in [-0.25, -0.2) is 0 Å². The molecular weight excluding hydrogens is 238 g/mol. The quantitative estimate of drug-likeness (QED) is 0.784. The topological polar surface area (TPSA) is 58.4 Å². The molecule has 5 heteroatoms. The van der Waals surface area contributed by atoms with Crippen LogP contribution in [-0.4, -0.2) is 31.4 Å². The summed E-state index contributed by atoms with van der Waals surface area (Å²) < 4.78 is 0. The Morgan fingerprint density at radius 1 is 1.53 bits per heavy atom. The first-order valence-electron chi connectivity index (χ1n) is 5.46. The lowest BCUT2D eigenvalue weighted by atomic mass is 10.1. The maximum atomic E-state index is 11.1. The summed E-state index contributed by atoms with van der Waals surface area (Å²) >= 11 is 5.83. The van der Waals surface area contributed by atoms with Gasteiger partial charge in [-0.3, -0.25) is 4.79 Å². The number of rotatable bonds is 5. The summed E-state index contributed by atoms with van der Waals surface area (Å²) in [7, 11) is 3.59. The largest absolute Gasteiger partial charge is 0.398 e. The molecule has 0 spiro atoms. The van der Waals surface area contributed by atoms with Crippen LogP contribution in [0.3, 0.4) is 0 Å². The van der Waals surface area contributed by atoms with Crippen molar-refractivity contribution >= 4 is 23.2 Å². The van der Waals surface area contributed by atoms with E-state index in [0.29, 0.717) is 30.2 Å². The second-order valence-electron chi connectivity index (χ2n) is 4.00. The molecule has 0 aliphatic carbocycles. The Bertz CT molecular complexity index is 395. The Hall–Kier alpha value is -1.26. The van der Waals surface area contributed by atoms with Crippen LogP contribution in [0.4, 0.5) is 5.69 Å². The van der Waals surface area contributed by atoms with Crippen molar-refractivity contribution in [3.05, 3.63) is 28.8 Å². The molecule has 0 saturated carbocycles. The van der Waals surface area contributed by atoms with Gasteiger partial charge in [-0.05, 0) is 24.7 Å². The van der Waals surface area contributed by atoms with Crippen molar-refractivity contribution in [2.24, 2.45) is 0 Å². The standard InChI is InChI=1S/C12H18ClN3O/c1-15-12(17)5-6-16(2)8-9-3-4-10(13)7-11(9)14/h3-4,7H,5-6,8,14H2,1-2H3,(H,15,17). The summed E-state index contributed by atoms with van der Waals surface area (Å²) in [4.78, 5) is 13.2. The van der Waals surface area contributed by atoms with Crippen molar-refractivity contribution in [2.75, 3.05) is 26.4 Å². The minimum Gasteiger partial charge on any atom is -0.398 e. The van der Waals surface area contributed by atoms with Crippen LogP contribution in [0, 0.1) is 0 Å². The summed E-state index contributed by atoms with van der Waals surface area (Å²) in [6.07, 6.45) is 0.487. The van der Waals surface area contributed by atoms with Gasteiger partial charge in [0.1, 0.15) is 0 Å². The second kappa shape index (κ2) is 6.47. The van der Waals surface area contributed by atoms with Gasteiger partial charge < -0.3 is 16.0 Å². The van der Waals surface area contributed by atoms with Crippen molar-refractivity contribution in [1.82, 2.24) is 10.2 Å². The fraction of sp³-hybridized carbons (Fsp3) is 0.417. The van der Waals surface area contributed by atoms with Crippen molar-refractivity contribution in [3.63, 3.8) is 0 Å². The van der Waals surface area contributed by atoms with Crippen LogP contribution in [0.5, 0.6) is 0 Å². The highest BCUT2D eigenvalue weighted by atomic mass is 35.5. The molecule has 1 aromatic rings. The van der Waals surface area contributed by atoms with E-state index in [4.69, 9.17) is 17.3 Å². The van der Waals surface area contributed by atoms with Crippen molar-refractivity contribution in [3.8, 4) is 0 Å². The van der Waals surface area contributed by atoms with Crippen molar-refractivity contribution < 1.29 is 4.79 Å². The van der Waals surface area contributed by atoms with Crippen molar-refractivity contribution in [1.29, 1.82) is 0 Å². The molecule has 1 amide bonds. The summed E-state index contributed by atoms with van der Waals surface area (Å²) in [5.41, 5.74) is 7.57. The molecule has 0 saturated heterocycles. The predicted molar refractivity (Wildman–Crippen MR) is 70.9 cm³/mol. The highest BCUT2D eigenvalue weighted by Gasteiger charge is 2.06. The SMILES string of the molecule is CNC(=O)CCN(C)Cc1ccc(Cl)cc1N. The summed E-state index contributed by atoms with van der Waals surface area (Å²) in [5.74, 6) is 0.0425. The number of nitrogens with zero attached hydrogens (tertiary/aromatic N) is 1. The molecule has 0 heterocycles. The number of benzene rings is 1. The first-order chi connectivity index (χ1) is 8.02. The Balaban J connectivity index is 2.50. The lowest BCUT2D eigenvalue weighted by molar-refractivity contribution is -0.120. The first-order valence-corrected chi connectivity index (χ1v) is 5.83. The molecule has 0 bridgehead atoms. The molecule has 0 atom stereocenters. The fourth-order valence-electron chi connectivity index (χ4n) is 1.50. The van der Waals surface area contributed by atoms with Crippen LogP contribution in [-0.2, 0) is 11.3 Å². The predicted octanol–water partition coefficient (Wildman–Crippen LogP) is 1.49. The lowest BCUT2D eigenvalue weighted by Crippen LogP contribution is -2.26. The highest BCUT2D eigenvalue weighted by molar-refractivity contribution is 6.30. The van der Waals surface area contributed by atoms with Gasteiger partial charge in [-0.1, -0.05) is 17.7 Å². The number of anilines is 1. The van der Waals surface area contributed by atoms with Gasteiger partial charge in [-0.15, -0.1) is 0 Å². The van der Waals surface area contributed by atoms with Gasteiger partial charge in [0.15, 0.2) is 0 Å². The van der Waals surface area contributed by atoms with E-state index in [1.807, 2.05) is 19.2 Å². The third-order valence-corrected chi connectivity index (χ3v) is 2.78. The second-order valence-corrected chi connectivity index (χ2v) is 4.44. The molecule has 0 aliphatic rings. The number of amides is 1.